The van der Waals surface area contributed by atoms with Gasteiger partial charge in [-0.05, 0) is 32.9 Å². The molecule has 3 N–H and O–H groups in total. The van der Waals surface area contributed by atoms with Crippen molar-refractivity contribution in [3.05, 3.63) is 47.8 Å². The van der Waals surface area contributed by atoms with Crippen molar-refractivity contribution >= 4 is 17.1 Å². The molecule has 0 bridgehead atoms. The quantitative estimate of drug-likeness (QED) is 0.819. The lowest BCUT2D eigenvalue weighted by atomic mass is 10.2. The maximum absolute atomic E-state index is 13.7. The molecule has 0 aliphatic heterocycles. The Balaban J connectivity index is 2.28. The summed E-state index contributed by atoms with van der Waals surface area (Å²) in [4.78, 5) is 0. The molecule has 0 aliphatic carbocycles. The van der Waals surface area contributed by atoms with Crippen LogP contribution >= 0.6 is 0 Å². The van der Waals surface area contributed by atoms with E-state index in [4.69, 9.17) is 10.5 Å². The van der Waals surface area contributed by atoms with Crippen molar-refractivity contribution in [3.63, 3.8) is 0 Å². The van der Waals surface area contributed by atoms with Crippen molar-refractivity contribution in [1.82, 2.24) is 0 Å². The molecule has 0 atom stereocenters. The van der Waals surface area contributed by atoms with E-state index in [-0.39, 0.29) is 11.9 Å². The number of anilines is 3. The summed E-state index contributed by atoms with van der Waals surface area (Å²) in [6.45, 7) is 5.72. The molecule has 0 fully saturated rings. The fourth-order valence-electron chi connectivity index (χ4n) is 1.81. The lowest BCUT2D eigenvalue weighted by Crippen LogP contribution is -2.08. The zero-order chi connectivity index (χ0) is 14.7. The number of nitrogens with one attached hydrogen (secondary N) is 1. The number of benzene rings is 2. The molecule has 4 heteroatoms. The van der Waals surface area contributed by atoms with Crippen LogP contribution in [0.25, 0.3) is 0 Å². The van der Waals surface area contributed by atoms with E-state index in [1.807, 2.05) is 45.0 Å². The largest absolute Gasteiger partial charge is 0.488 e. The highest BCUT2D eigenvalue weighted by Gasteiger charge is 2.10. The predicted molar refractivity (Wildman–Crippen MR) is 81.0 cm³/mol. The van der Waals surface area contributed by atoms with E-state index in [2.05, 4.69) is 5.32 Å². The second kappa shape index (κ2) is 5.82. The van der Waals surface area contributed by atoms with E-state index in [0.29, 0.717) is 11.4 Å². The summed E-state index contributed by atoms with van der Waals surface area (Å²) in [6.07, 6.45) is -0.0969. The smallest absolute Gasteiger partial charge is 0.167 e. The normalized spacial score (nSPS) is 10.7. The Morgan fingerprint density at radius 2 is 1.80 bits per heavy atom. The molecule has 2 rings (SSSR count). The molecule has 0 heterocycles. The van der Waals surface area contributed by atoms with Gasteiger partial charge in [-0.1, -0.05) is 17.7 Å². The number of ether oxygens (including phenoxy) is 1. The molecule has 3 nitrogen and oxygen atoms in total. The van der Waals surface area contributed by atoms with Gasteiger partial charge in [-0.25, -0.2) is 4.39 Å². The third-order valence-electron chi connectivity index (χ3n) is 2.80. The molecule has 0 spiro atoms. The minimum atomic E-state index is -0.453. The van der Waals surface area contributed by atoms with E-state index in [1.54, 1.807) is 6.07 Å². The Hall–Kier alpha value is -2.23. The second-order valence-corrected chi connectivity index (χ2v) is 5.03. The van der Waals surface area contributed by atoms with E-state index in [0.717, 1.165) is 5.69 Å². The third-order valence-corrected chi connectivity index (χ3v) is 2.80. The summed E-state index contributed by atoms with van der Waals surface area (Å²) >= 11 is 0. The van der Waals surface area contributed by atoms with Crippen LogP contribution in [0, 0.1) is 12.7 Å². The van der Waals surface area contributed by atoms with Gasteiger partial charge in [0.1, 0.15) is 0 Å². The maximum atomic E-state index is 13.7. The molecular weight excluding hydrogens is 255 g/mol. The van der Waals surface area contributed by atoms with Crippen LogP contribution in [-0.4, -0.2) is 6.10 Å². The average Bonchev–Trinajstić information content (AvgIpc) is 2.37. The minimum absolute atomic E-state index is 0.0969. The van der Waals surface area contributed by atoms with Crippen LogP contribution < -0.4 is 15.8 Å². The Bertz CT molecular complexity index is 594. The molecular formula is C16H19FN2O. The van der Waals surface area contributed by atoms with Crippen molar-refractivity contribution in [2.75, 3.05) is 11.1 Å². The average molecular weight is 274 g/mol. The van der Waals surface area contributed by atoms with Gasteiger partial charge in [0.05, 0.1) is 17.5 Å². The number of halogens is 1. The number of rotatable bonds is 4. The van der Waals surface area contributed by atoms with Crippen LogP contribution in [-0.2, 0) is 0 Å². The minimum Gasteiger partial charge on any atom is -0.488 e. The van der Waals surface area contributed by atoms with Crippen LogP contribution in [0.2, 0.25) is 0 Å². The Morgan fingerprint density at radius 3 is 2.40 bits per heavy atom. The highest BCUT2D eigenvalue weighted by Crippen LogP contribution is 2.31. The summed E-state index contributed by atoms with van der Waals surface area (Å²) in [5.74, 6) is -0.255. The SMILES string of the molecule is Cc1ccc(Nc2cc(OC(C)C)c(F)cc2N)cc1. The molecule has 0 aliphatic rings. The Kier molecular flexibility index (Phi) is 4.13. The summed E-state index contributed by atoms with van der Waals surface area (Å²) in [5.41, 5.74) is 8.88. The summed E-state index contributed by atoms with van der Waals surface area (Å²) in [5, 5.41) is 3.17. The molecule has 0 radical (unpaired) electrons. The topological polar surface area (TPSA) is 47.3 Å². The molecule has 106 valence electrons. The lowest BCUT2D eigenvalue weighted by molar-refractivity contribution is 0.231. The highest BCUT2D eigenvalue weighted by molar-refractivity contribution is 5.74. The fraction of sp³-hybridized carbons (Fsp3) is 0.250. The summed E-state index contributed by atoms with van der Waals surface area (Å²) < 4.78 is 19.2. The maximum Gasteiger partial charge on any atom is 0.167 e. The van der Waals surface area contributed by atoms with Crippen LogP contribution in [0.15, 0.2) is 36.4 Å². The molecule has 20 heavy (non-hydrogen) atoms. The van der Waals surface area contributed by atoms with E-state index in [9.17, 15) is 4.39 Å². The van der Waals surface area contributed by atoms with Gasteiger partial charge in [0.25, 0.3) is 0 Å². The van der Waals surface area contributed by atoms with E-state index >= 15 is 0 Å². The van der Waals surface area contributed by atoms with Crippen LogP contribution in [0.3, 0.4) is 0 Å². The summed E-state index contributed by atoms with van der Waals surface area (Å²) in [7, 11) is 0. The van der Waals surface area contributed by atoms with Crippen molar-refractivity contribution in [1.29, 1.82) is 0 Å². The van der Waals surface area contributed by atoms with Gasteiger partial charge in [-0.3, -0.25) is 0 Å². The van der Waals surface area contributed by atoms with Gasteiger partial charge >= 0.3 is 0 Å². The van der Waals surface area contributed by atoms with Crippen molar-refractivity contribution < 1.29 is 9.13 Å². The lowest BCUT2D eigenvalue weighted by Gasteiger charge is -2.15. The number of nitrogen functional groups attached to an aromatic ring is 1. The van der Waals surface area contributed by atoms with Crippen LogP contribution in [0.4, 0.5) is 21.5 Å². The van der Waals surface area contributed by atoms with Gasteiger partial charge in [0.15, 0.2) is 11.6 Å². The molecule has 0 unspecified atom stereocenters. The first-order chi connectivity index (χ1) is 9.45. The molecule has 0 aromatic heterocycles. The number of aryl methyl sites for hydroxylation is 1. The molecule has 0 saturated carbocycles. The van der Waals surface area contributed by atoms with Crippen molar-refractivity contribution in [3.8, 4) is 5.75 Å². The number of hydrogen-bond acceptors (Lipinski definition) is 3. The van der Waals surface area contributed by atoms with Crippen molar-refractivity contribution in [2.24, 2.45) is 0 Å². The van der Waals surface area contributed by atoms with Crippen molar-refractivity contribution in [2.45, 2.75) is 26.9 Å². The Morgan fingerprint density at radius 1 is 1.15 bits per heavy atom. The van der Waals surface area contributed by atoms with Crippen LogP contribution in [0.1, 0.15) is 19.4 Å². The Labute approximate surface area is 118 Å². The van der Waals surface area contributed by atoms with Crippen LogP contribution in [0.5, 0.6) is 5.75 Å². The summed E-state index contributed by atoms with van der Waals surface area (Å²) in [6, 6.07) is 10.7. The van der Waals surface area contributed by atoms with E-state index < -0.39 is 5.82 Å². The number of hydrogen-bond donors (Lipinski definition) is 2. The first-order valence-electron chi connectivity index (χ1n) is 6.55. The second-order valence-electron chi connectivity index (χ2n) is 5.03. The fourth-order valence-corrected chi connectivity index (χ4v) is 1.81. The first-order valence-corrected chi connectivity index (χ1v) is 6.55. The predicted octanol–water partition coefficient (Wildman–Crippen LogP) is 4.25. The van der Waals surface area contributed by atoms with Gasteiger partial charge in [-0.15, -0.1) is 0 Å². The monoisotopic (exact) mass is 274 g/mol. The van der Waals surface area contributed by atoms with Gasteiger partial charge in [0.2, 0.25) is 0 Å². The highest BCUT2D eigenvalue weighted by atomic mass is 19.1. The molecule has 2 aromatic carbocycles. The first kappa shape index (κ1) is 14.2. The van der Waals surface area contributed by atoms with Gasteiger partial charge in [0, 0.05) is 17.8 Å². The van der Waals surface area contributed by atoms with Gasteiger partial charge in [-0.2, -0.15) is 0 Å². The molecule has 0 saturated heterocycles. The molecule has 2 aromatic rings. The number of nitrogens with two attached hydrogens (primary N) is 1. The molecule has 0 amide bonds. The third kappa shape index (κ3) is 3.41. The van der Waals surface area contributed by atoms with Gasteiger partial charge < -0.3 is 15.8 Å². The zero-order valence-electron chi connectivity index (χ0n) is 11.9. The zero-order valence-corrected chi connectivity index (χ0v) is 11.9. The van der Waals surface area contributed by atoms with E-state index in [1.165, 1.54) is 11.6 Å². The standard InChI is InChI=1S/C16H19FN2O/c1-10(2)20-16-9-15(14(18)8-13(16)17)19-12-6-4-11(3)5-7-12/h4-10,19H,18H2,1-3H3.